The monoisotopic (exact) mass is 291 g/mol. The van der Waals surface area contributed by atoms with Crippen LogP contribution in [0.3, 0.4) is 0 Å². The van der Waals surface area contributed by atoms with Gasteiger partial charge in [0.1, 0.15) is 0 Å². The lowest BCUT2D eigenvalue weighted by molar-refractivity contribution is -0.122. The highest BCUT2D eigenvalue weighted by Crippen LogP contribution is 2.14. The predicted molar refractivity (Wildman–Crippen MR) is 75.1 cm³/mol. The standard InChI is InChI=1S/C12H25N3O3S/c1-12(2,13)7-4-11(16)14-10-5-8-15(9-6-10)19(3,17)18/h10H,4-9,13H2,1-3H3,(H,14,16). The summed E-state index contributed by atoms with van der Waals surface area (Å²) in [6, 6.07) is 0.0754. The predicted octanol–water partition coefficient (Wildman–Crippen LogP) is 0.0441. The van der Waals surface area contributed by atoms with E-state index in [-0.39, 0.29) is 17.5 Å². The Labute approximate surface area is 115 Å². The molecule has 1 fully saturated rings. The van der Waals surface area contributed by atoms with E-state index in [1.165, 1.54) is 10.6 Å². The van der Waals surface area contributed by atoms with E-state index in [1.54, 1.807) is 0 Å². The fraction of sp³-hybridized carbons (Fsp3) is 0.917. The number of carbonyl (C=O) groups is 1. The average Bonchev–Trinajstić information content (AvgIpc) is 2.25. The molecule has 7 heteroatoms. The van der Waals surface area contributed by atoms with Gasteiger partial charge < -0.3 is 11.1 Å². The maximum Gasteiger partial charge on any atom is 0.220 e. The van der Waals surface area contributed by atoms with Gasteiger partial charge in [-0.1, -0.05) is 0 Å². The Kier molecular flexibility index (Phi) is 5.34. The number of nitrogens with two attached hydrogens (primary N) is 1. The summed E-state index contributed by atoms with van der Waals surface area (Å²) in [7, 11) is -3.10. The number of piperidine rings is 1. The van der Waals surface area contributed by atoms with Crippen molar-refractivity contribution in [3.8, 4) is 0 Å². The van der Waals surface area contributed by atoms with Crippen LogP contribution in [0, 0.1) is 0 Å². The van der Waals surface area contributed by atoms with Crippen LogP contribution in [-0.2, 0) is 14.8 Å². The number of carbonyl (C=O) groups excluding carboxylic acids is 1. The Morgan fingerprint density at radius 3 is 2.32 bits per heavy atom. The maximum atomic E-state index is 11.7. The highest BCUT2D eigenvalue weighted by atomic mass is 32.2. The quantitative estimate of drug-likeness (QED) is 0.748. The molecule has 0 saturated carbocycles. The van der Waals surface area contributed by atoms with Crippen LogP contribution in [0.4, 0.5) is 0 Å². The molecule has 1 amide bonds. The van der Waals surface area contributed by atoms with Gasteiger partial charge >= 0.3 is 0 Å². The second kappa shape index (κ2) is 6.19. The van der Waals surface area contributed by atoms with Crippen LogP contribution in [0.25, 0.3) is 0 Å². The lowest BCUT2D eigenvalue weighted by Gasteiger charge is -2.30. The first-order valence-electron chi connectivity index (χ1n) is 6.61. The van der Waals surface area contributed by atoms with Crippen LogP contribution in [-0.4, -0.2) is 49.6 Å². The van der Waals surface area contributed by atoms with Crippen molar-refractivity contribution in [1.29, 1.82) is 0 Å². The molecule has 0 unspecified atom stereocenters. The molecule has 0 radical (unpaired) electrons. The van der Waals surface area contributed by atoms with E-state index in [9.17, 15) is 13.2 Å². The van der Waals surface area contributed by atoms with Crippen molar-refractivity contribution in [3.63, 3.8) is 0 Å². The fourth-order valence-corrected chi connectivity index (χ4v) is 2.94. The Morgan fingerprint density at radius 1 is 1.37 bits per heavy atom. The Hall–Kier alpha value is -0.660. The molecule has 1 aliphatic rings. The highest BCUT2D eigenvalue weighted by Gasteiger charge is 2.25. The molecule has 19 heavy (non-hydrogen) atoms. The molecule has 6 nitrogen and oxygen atoms in total. The number of hydrogen-bond donors (Lipinski definition) is 2. The normalized spacial score (nSPS) is 19.4. The maximum absolute atomic E-state index is 11.7. The van der Waals surface area contributed by atoms with Gasteiger partial charge in [-0.05, 0) is 33.1 Å². The van der Waals surface area contributed by atoms with E-state index in [2.05, 4.69) is 5.32 Å². The molecule has 0 aromatic heterocycles. The van der Waals surface area contributed by atoms with Gasteiger partial charge in [0.2, 0.25) is 15.9 Å². The topological polar surface area (TPSA) is 92.5 Å². The minimum Gasteiger partial charge on any atom is -0.353 e. The third kappa shape index (κ3) is 6.35. The number of nitrogens with zero attached hydrogens (tertiary/aromatic N) is 1. The molecule has 1 rings (SSSR count). The highest BCUT2D eigenvalue weighted by molar-refractivity contribution is 7.88. The molecular formula is C12H25N3O3S. The largest absolute Gasteiger partial charge is 0.353 e. The van der Waals surface area contributed by atoms with E-state index in [1.807, 2.05) is 13.8 Å². The van der Waals surface area contributed by atoms with Gasteiger partial charge in [-0.15, -0.1) is 0 Å². The van der Waals surface area contributed by atoms with E-state index >= 15 is 0 Å². The summed E-state index contributed by atoms with van der Waals surface area (Å²) < 4.78 is 24.2. The summed E-state index contributed by atoms with van der Waals surface area (Å²) in [5.41, 5.74) is 5.49. The van der Waals surface area contributed by atoms with Gasteiger partial charge in [-0.3, -0.25) is 4.79 Å². The van der Waals surface area contributed by atoms with Gasteiger partial charge in [0.25, 0.3) is 0 Å². The SMILES string of the molecule is CC(C)(N)CCC(=O)NC1CCN(S(C)(=O)=O)CC1. The first-order chi connectivity index (χ1) is 8.58. The second-order valence-electron chi connectivity index (χ2n) is 5.99. The molecule has 0 aliphatic carbocycles. The molecule has 0 aromatic rings. The van der Waals surface area contributed by atoms with E-state index in [0.717, 1.165) is 0 Å². The van der Waals surface area contributed by atoms with Crippen LogP contribution in [0.5, 0.6) is 0 Å². The lowest BCUT2D eigenvalue weighted by Crippen LogP contribution is -2.46. The van der Waals surface area contributed by atoms with Crippen molar-refractivity contribution in [1.82, 2.24) is 9.62 Å². The minimum absolute atomic E-state index is 0.00340. The summed E-state index contributed by atoms with van der Waals surface area (Å²) in [6.07, 6.45) is 3.61. The molecule has 0 spiro atoms. The number of rotatable bonds is 5. The molecular weight excluding hydrogens is 266 g/mol. The van der Waals surface area contributed by atoms with Crippen molar-refractivity contribution in [3.05, 3.63) is 0 Å². The third-order valence-corrected chi connectivity index (χ3v) is 4.59. The zero-order valence-electron chi connectivity index (χ0n) is 12.0. The summed E-state index contributed by atoms with van der Waals surface area (Å²) in [4.78, 5) is 11.7. The van der Waals surface area contributed by atoms with E-state index in [4.69, 9.17) is 5.73 Å². The number of nitrogens with one attached hydrogen (secondary N) is 1. The number of amides is 1. The summed E-state index contributed by atoms with van der Waals surface area (Å²) in [5.74, 6) is -0.00340. The molecule has 112 valence electrons. The molecule has 3 N–H and O–H groups in total. The van der Waals surface area contributed by atoms with Crippen LogP contribution < -0.4 is 11.1 Å². The number of hydrogen-bond acceptors (Lipinski definition) is 4. The molecule has 0 bridgehead atoms. The van der Waals surface area contributed by atoms with Crippen LogP contribution in [0.2, 0.25) is 0 Å². The van der Waals surface area contributed by atoms with E-state index in [0.29, 0.717) is 38.8 Å². The van der Waals surface area contributed by atoms with Crippen LogP contribution >= 0.6 is 0 Å². The van der Waals surface area contributed by atoms with Crippen molar-refractivity contribution in [2.75, 3.05) is 19.3 Å². The van der Waals surface area contributed by atoms with Crippen molar-refractivity contribution < 1.29 is 13.2 Å². The van der Waals surface area contributed by atoms with Crippen molar-refractivity contribution in [2.45, 2.75) is 51.1 Å². The lowest BCUT2D eigenvalue weighted by atomic mass is 9.99. The van der Waals surface area contributed by atoms with E-state index < -0.39 is 10.0 Å². The fourth-order valence-electron chi connectivity index (χ4n) is 2.07. The van der Waals surface area contributed by atoms with Gasteiger partial charge in [0.15, 0.2) is 0 Å². The van der Waals surface area contributed by atoms with Crippen molar-refractivity contribution >= 4 is 15.9 Å². The molecule has 0 aromatic carbocycles. The number of sulfonamides is 1. The molecule has 1 saturated heterocycles. The zero-order chi connectivity index (χ0) is 14.7. The average molecular weight is 291 g/mol. The summed E-state index contributed by atoms with van der Waals surface area (Å²) in [5, 5.41) is 2.95. The van der Waals surface area contributed by atoms with Gasteiger partial charge in [0.05, 0.1) is 6.26 Å². The Balaban J connectivity index is 2.31. The second-order valence-corrected chi connectivity index (χ2v) is 7.97. The summed E-state index contributed by atoms with van der Waals surface area (Å²) >= 11 is 0. The van der Waals surface area contributed by atoms with Crippen molar-refractivity contribution in [2.24, 2.45) is 5.73 Å². The minimum atomic E-state index is -3.10. The molecule has 0 atom stereocenters. The molecule has 1 heterocycles. The zero-order valence-corrected chi connectivity index (χ0v) is 12.8. The molecule has 1 aliphatic heterocycles. The van der Waals surface area contributed by atoms with Gasteiger partial charge in [0, 0.05) is 31.1 Å². The Morgan fingerprint density at radius 2 is 1.89 bits per heavy atom. The first-order valence-corrected chi connectivity index (χ1v) is 8.46. The van der Waals surface area contributed by atoms with Crippen LogP contribution in [0.15, 0.2) is 0 Å². The smallest absolute Gasteiger partial charge is 0.220 e. The summed E-state index contributed by atoms with van der Waals surface area (Å²) in [6.45, 7) is 4.74. The Bertz CT molecular complexity index is 406. The van der Waals surface area contributed by atoms with Gasteiger partial charge in [-0.2, -0.15) is 0 Å². The third-order valence-electron chi connectivity index (χ3n) is 3.28. The van der Waals surface area contributed by atoms with Crippen LogP contribution in [0.1, 0.15) is 39.5 Å². The first kappa shape index (κ1) is 16.4. The van der Waals surface area contributed by atoms with Gasteiger partial charge in [-0.25, -0.2) is 12.7 Å².